The number of nitrogens with one attached hydrogen (secondary N) is 1. The highest BCUT2D eigenvalue weighted by Crippen LogP contribution is 2.41. The second kappa shape index (κ2) is 7.93. The van der Waals surface area contributed by atoms with Crippen molar-refractivity contribution >= 4 is 28.5 Å². The zero-order valence-corrected chi connectivity index (χ0v) is 17.5. The smallest absolute Gasteiger partial charge is 0.329 e. The Labute approximate surface area is 184 Å². The summed E-state index contributed by atoms with van der Waals surface area (Å²) in [5.74, 6) is 0.177. The molecule has 0 radical (unpaired) electrons. The van der Waals surface area contributed by atoms with Crippen LogP contribution in [0, 0.1) is 17.2 Å². The van der Waals surface area contributed by atoms with Gasteiger partial charge >= 0.3 is 6.03 Å². The number of imide groups is 1. The lowest BCUT2D eigenvalue weighted by Gasteiger charge is -2.42. The van der Waals surface area contributed by atoms with Crippen molar-refractivity contribution in [3.63, 3.8) is 0 Å². The van der Waals surface area contributed by atoms with Gasteiger partial charge in [-0.3, -0.25) is 14.8 Å². The zero-order valence-electron chi connectivity index (χ0n) is 17.5. The van der Waals surface area contributed by atoms with Crippen LogP contribution < -0.4 is 15.0 Å². The SMILES string of the molecule is COc1ccc(C#N)c(C2CCC3C(=O)N(c4cncc5cccnc45)C(=O)NC3C2)c1. The van der Waals surface area contributed by atoms with E-state index in [1.165, 1.54) is 11.1 Å². The Hall–Kier alpha value is -3.99. The first-order chi connectivity index (χ1) is 15.6. The summed E-state index contributed by atoms with van der Waals surface area (Å²) in [6.45, 7) is 0. The molecule has 1 aliphatic heterocycles. The predicted molar refractivity (Wildman–Crippen MR) is 117 cm³/mol. The molecule has 2 aliphatic rings. The molecule has 1 N–H and O–H groups in total. The number of methoxy groups -OCH3 is 1. The van der Waals surface area contributed by atoms with Crippen molar-refractivity contribution in [3.8, 4) is 11.8 Å². The number of urea groups is 1. The molecule has 8 heteroatoms. The monoisotopic (exact) mass is 427 g/mol. The van der Waals surface area contributed by atoms with E-state index >= 15 is 0 Å². The zero-order chi connectivity index (χ0) is 22.2. The third-order valence-electron chi connectivity index (χ3n) is 6.45. The van der Waals surface area contributed by atoms with Gasteiger partial charge in [-0.2, -0.15) is 5.26 Å². The maximum absolute atomic E-state index is 13.4. The van der Waals surface area contributed by atoms with Crippen LogP contribution in [0.3, 0.4) is 0 Å². The summed E-state index contributed by atoms with van der Waals surface area (Å²) in [4.78, 5) is 36.2. The number of hydrogen-bond acceptors (Lipinski definition) is 6. The first kappa shape index (κ1) is 19.9. The van der Waals surface area contributed by atoms with E-state index in [-0.39, 0.29) is 23.8 Å². The molecule has 3 heterocycles. The molecule has 1 saturated carbocycles. The summed E-state index contributed by atoms with van der Waals surface area (Å²) in [6, 6.07) is 10.5. The minimum Gasteiger partial charge on any atom is -0.497 e. The molecule has 3 atom stereocenters. The topological polar surface area (TPSA) is 108 Å². The van der Waals surface area contributed by atoms with E-state index in [0.717, 1.165) is 17.4 Å². The van der Waals surface area contributed by atoms with E-state index in [0.29, 0.717) is 35.4 Å². The van der Waals surface area contributed by atoms with Crippen molar-refractivity contribution in [2.24, 2.45) is 5.92 Å². The third-order valence-corrected chi connectivity index (χ3v) is 6.45. The molecule has 2 fully saturated rings. The van der Waals surface area contributed by atoms with Gasteiger partial charge in [-0.25, -0.2) is 9.69 Å². The highest BCUT2D eigenvalue weighted by Gasteiger charge is 2.45. The van der Waals surface area contributed by atoms with Crippen molar-refractivity contribution in [2.45, 2.75) is 31.2 Å². The van der Waals surface area contributed by atoms with Crippen LogP contribution in [0.4, 0.5) is 10.5 Å². The van der Waals surface area contributed by atoms with Crippen molar-refractivity contribution in [1.29, 1.82) is 5.26 Å². The number of nitriles is 1. The maximum Gasteiger partial charge on any atom is 0.329 e. The average Bonchev–Trinajstić information content (AvgIpc) is 2.83. The molecule has 1 aliphatic carbocycles. The fourth-order valence-electron chi connectivity index (χ4n) is 4.88. The predicted octanol–water partition coefficient (Wildman–Crippen LogP) is 3.52. The number of anilines is 1. The van der Waals surface area contributed by atoms with Gasteiger partial charge in [0.25, 0.3) is 0 Å². The molecule has 3 amide bonds. The molecule has 5 rings (SSSR count). The number of pyridine rings is 2. The first-order valence-electron chi connectivity index (χ1n) is 10.5. The van der Waals surface area contributed by atoms with E-state index in [9.17, 15) is 14.9 Å². The minimum atomic E-state index is -0.469. The number of benzene rings is 1. The highest BCUT2D eigenvalue weighted by atomic mass is 16.5. The molecule has 160 valence electrons. The second-order valence-corrected chi connectivity index (χ2v) is 8.14. The molecule has 0 spiro atoms. The quantitative estimate of drug-likeness (QED) is 0.685. The number of carbonyl (C=O) groups excluding carboxylic acids is 2. The van der Waals surface area contributed by atoms with Crippen LogP contribution in [0.15, 0.2) is 48.9 Å². The van der Waals surface area contributed by atoms with Gasteiger partial charge in [-0.15, -0.1) is 0 Å². The van der Waals surface area contributed by atoms with Crippen LogP contribution in [0.2, 0.25) is 0 Å². The Morgan fingerprint density at radius 3 is 2.91 bits per heavy atom. The number of fused-ring (bicyclic) bond motifs is 2. The van der Waals surface area contributed by atoms with Gasteiger partial charge in [0.1, 0.15) is 5.75 Å². The lowest BCUT2D eigenvalue weighted by Crippen LogP contribution is -2.61. The molecule has 32 heavy (non-hydrogen) atoms. The normalized spacial score (nSPS) is 22.8. The Morgan fingerprint density at radius 1 is 1.22 bits per heavy atom. The van der Waals surface area contributed by atoms with Gasteiger partial charge in [0.05, 0.1) is 42.1 Å². The Balaban J connectivity index is 1.44. The maximum atomic E-state index is 13.4. The van der Waals surface area contributed by atoms with Crippen molar-refractivity contribution in [3.05, 3.63) is 60.0 Å². The molecular weight excluding hydrogens is 406 g/mol. The summed E-state index contributed by atoms with van der Waals surface area (Å²) in [5.41, 5.74) is 2.45. The van der Waals surface area contributed by atoms with Crippen LogP contribution in [-0.4, -0.2) is 35.1 Å². The lowest BCUT2D eigenvalue weighted by molar-refractivity contribution is -0.124. The third kappa shape index (κ3) is 3.23. The summed E-state index contributed by atoms with van der Waals surface area (Å²) in [5, 5.41) is 13.3. The number of aromatic nitrogens is 2. The van der Waals surface area contributed by atoms with E-state index in [1.54, 1.807) is 37.7 Å². The van der Waals surface area contributed by atoms with E-state index in [1.807, 2.05) is 12.1 Å². The van der Waals surface area contributed by atoms with Crippen molar-refractivity contribution in [1.82, 2.24) is 15.3 Å². The van der Waals surface area contributed by atoms with E-state index in [4.69, 9.17) is 4.74 Å². The van der Waals surface area contributed by atoms with Crippen LogP contribution in [-0.2, 0) is 4.79 Å². The summed E-state index contributed by atoms with van der Waals surface area (Å²) >= 11 is 0. The average molecular weight is 427 g/mol. The molecule has 1 saturated heterocycles. The Kier molecular flexibility index (Phi) is 4.94. The largest absolute Gasteiger partial charge is 0.497 e. The second-order valence-electron chi connectivity index (χ2n) is 8.14. The molecule has 8 nitrogen and oxygen atoms in total. The number of amides is 3. The van der Waals surface area contributed by atoms with Crippen LogP contribution in [0.25, 0.3) is 10.9 Å². The number of hydrogen-bond donors (Lipinski definition) is 1. The standard InChI is InChI=1S/C24H21N5O3/c1-32-17-6-4-15(11-25)19(10-17)14-5-7-18-20(9-14)28-24(31)29(23(18)30)21-13-26-12-16-3-2-8-27-22(16)21/h2-4,6,8,10,12-14,18,20H,5,7,9H2,1H3,(H,28,31). The molecule has 3 aromatic rings. The van der Waals surface area contributed by atoms with Crippen LogP contribution in [0.1, 0.15) is 36.3 Å². The van der Waals surface area contributed by atoms with Crippen LogP contribution >= 0.6 is 0 Å². The van der Waals surface area contributed by atoms with Gasteiger partial charge in [-0.1, -0.05) is 0 Å². The van der Waals surface area contributed by atoms with Crippen molar-refractivity contribution in [2.75, 3.05) is 12.0 Å². The summed E-state index contributed by atoms with van der Waals surface area (Å²) < 4.78 is 5.33. The van der Waals surface area contributed by atoms with Crippen molar-refractivity contribution < 1.29 is 14.3 Å². The number of ether oxygens (including phenoxy) is 1. The van der Waals surface area contributed by atoms with Gasteiger partial charge in [0.15, 0.2) is 0 Å². The van der Waals surface area contributed by atoms with Gasteiger partial charge in [-0.05, 0) is 61.1 Å². The Bertz CT molecular complexity index is 1260. The molecular formula is C24H21N5O3. The van der Waals surface area contributed by atoms with Crippen LogP contribution in [0.5, 0.6) is 5.75 Å². The van der Waals surface area contributed by atoms with Gasteiger partial charge in [0, 0.05) is 23.8 Å². The minimum absolute atomic E-state index is 0.0570. The molecule has 0 bridgehead atoms. The molecule has 1 aromatic carbocycles. The number of carbonyl (C=O) groups is 2. The summed E-state index contributed by atoms with van der Waals surface area (Å²) in [6.07, 6.45) is 6.74. The lowest BCUT2D eigenvalue weighted by atomic mass is 9.73. The Morgan fingerprint density at radius 2 is 2.09 bits per heavy atom. The van der Waals surface area contributed by atoms with E-state index in [2.05, 4.69) is 21.4 Å². The van der Waals surface area contributed by atoms with E-state index < -0.39 is 6.03 Å². The number of rotatable bonds is 3. The van der Waals surface area contributed by atoms with Gasteiger partial charge < -0.3 is 10.1 Å². The van der Waals surface area contributed by atoms with Gasteiger partial charge in [0.2, 0.25) is 5.91 Å². The summed E-state index contributed by atoms with van der Waals surface area (Å²) in [7, 11) is 1.59. The molecule has 3 unspecified atom stereocenters. The molecule has 2 aromatic heterocycles. The fraction of sp³-hybridized carbons (Fsp3) is 0.292. The highest BCUT2D eigenvalue weighted by molar-refractivity contribution is 6.20. The number of nitrogens with zero attached hydrogens (tertiary/aromatic N) is 4. The first-order valence-corrected chi connectivity index (χ1v) is 10.5. The fourth-order valence-corrected chi connectivity index (χ4v) is 4.88.